The SMILES string of the molecule is CCN1CCC[C@]2(CO)CCN(C(=O)CCc3cc(Cl)no3)C[C@@H]12. The number of aryl methyl sites for hydroxylation is 1. The van der Waals surface area contributed by atoms with Crippen molar-refractivity contribution >= 4 is 17.5 Å². The van der Waals surface area contributed by atoms with E-state index in [1.54, 1.807) is 6.07 Å². The zero-order chi connectivity index (χ0) is 17.2. The molecular weight excluding hydrogens is 330 g/mol. The van der Waals surface area contributed by atoms with Crippen LogP contribution in [-0.2, 0) is 11.2 Å². The smallest absolute Gasteiger partial charge is 0.223 e. The number of halogens is 1. The lowest BCUT2D eigenvalue weighted by Gasteiger charge is -2.54. The van der Waals surface area contributed by atoms with Crippen molar-refractivity contribution in [1.29, 1.82) is 0 Å². The van der Waals surface area contributed by atoms with Gasteiger partial charge in [-0.15, -0.1) is 0 Å². The van der Waals surface area contributed by atoms with E-state index in [0.29, 0.717) is 30.3 Å². The molecule has 0 aliphatic carbocycles. The summed E-state index contributed by atoms with van der Waals surface area (Å²) in [4.78, 5) is 17.0. The van der Waals surface area contributed by atoms with Crippen LogP contribution in [0.5, 0.6) is 0 Å². The Morgan fingerprint density at radius 3 is 3.00 bits per heavy atom. The van der Waals surface area contributed by atoms with E-state index >= 15 is 0 Å². The number of rotatable bonds is 5. The van der Waals surface area contributed by atoms with E-state index in [1.807, 2.05) is 4.90 Å². The van der Waals surface area contributed by atoms with Crippen molar-refractivity contribution in [3.05, 3.63) is 17.0 Å². The van der Waals surface area contributed by atoms with Crippen molar-refractivity contribution in [3.8, 4) is 0 Å². The molecule has 0 saturated carbocycles. The predicted octanol–water partition coefficient (Wildman–Crippen LogP) is 1.96. The summed E-state index contributed by atoms with van der Waals surface area (Å²) in [6, 6.07) is 1.92. The summed E-state index contributed by atoms with van der Waals surface area (Å²) >= 11 is 5.73. The maximum atomic E-state index is 12.6. The molecule has 2 saturated heterocycles. The van der Waals surface area contributed by atoms with Crippen LogP contribution in [0.1, 0.15) is 38.4 Å². The Kier molecular flexibility index (Phi) is 5.47. The van der Waals surface area contributed by atoms with E-state index < -0.39 is 0 Å². The number of aliphatic hydroxyl groups is 1. The number of aromatic nitrogens is 1. The van der Waals surface area contributed by atoms with Crippen molar-refractivity contribution in [1.82, 2.24) is 15.0 Å². The third-order valence-corrected chi connectivity index (χ3v) is 5.91. The van der Waals surface area contributed by atoms with Crippen LogP contribution in [0.2, 0.25) is 5.15 Å². The monoisotopic (exact) mass is 355 g/mol. The quantitative estimate of drug-likeness (QED) is 0.874. The molecule has 1 aromatic heterocycles. The van der Waals surface area contributed by atoms with Gasteiger partial charge in [0.1, 0.15) is 5.76 Å². The molecule has 1 amide bonds. The molecule has 6 nitrogen and oxygen atoms in total. The average Bonchev–Trinajstić information content (AvgIpc) is 3.03. The minimum Gasteiger partial charge on any atom is -0.396 e. The number of likely N-dealkylation sites (N-methyl/N-ethyl adjacent to an activating group) is 1. The van der Waals surface area contributed by atoms with Gasteiger partial charge in [-0.1, -0.05) is 23.7 Å². The van der Waals surface area contributed by atoms with E-state index in [-0.39, 0.29) is 24.0 Å². The minimum absolute atomic E-state index is 0.0382. The molecule has 2 aliphatic rings. The topological polar surface area (TPSA) is 69.8 Å². The van der Waals surface area contributed by atoms with Gasteiger partial charge in [-0.2, -0.15) is 0 Å². The second-order valence-electron chi connectivity index (χ2n) is 6.97. The van der Waals surface area contributed by atoms with Crippen LogP contribution >= 0.6 is 11.6 Å². The molecule has 0 unspecified atom stereocenters. The van der Waals surface area contributed by atoms with E-state index in [0.717, 1.165) is 38.9 Å². The van der Waals surface area contributed by atoms with Crippen LogP contribution < -0.4 is 0 Å². The number of hydrogen-bond donors (Lipinski definition) is 1. The fourth-order valence-electron chi connectivity index (χ4n) is 4.26. The van der Waals surface area contributed by atoms with Crippen molar-refractivity contribution in [2.45, 2.75) is 45.1 Å². The number of fused-ring (bicyclic) bond motifs is 1. The molecular formula is C17H26ClN3O3. The van der Waals surface area contributed by atoms with Gasteiger partial charge in [0.2, 0.25) is 5.91 Å². The van der Waals surface area contributed by atoms with E-state index in [1.165, 1.54) is 0 Å². The third kappa shape index (κ3) is 3.46. The van der Waals surface area contributed by atoms with Crippen LogP contribution in [0, 0.1) is 5.41 Å². The molecule has 2 atom stereocenters. The largest absolute Gasteiger partial charge is 0.396 e. The number of carbonyl (C=O) groups is 1. The van der Waals surface area contributed by atoms with Gasteiger partial charge in [0.15, 0.2) is 5.15 Å². The molecule has 2 aliphatic heterocycles. The Labute approximate surface area is 147 Å². The van der Waals surface area contributed by atoms with Crippen LogP contribution in [0.15, 0.2) is 10.6 Å². The number of amides is 1. The van der Waals surface area contributed by atoms with Crippen LogP contribution in [0.4, 0.5) is 0 Å². The summed E-state index contributed by atoms with van der Waals surface area (Å²) in [6.45, 7) is 5.83. The molecule has 0 radical (unpaired) electrons. The number of nitrogens with zero attached hydrogens (tertiary/aromatic N) is 3. The van der Waals surface area contributed by atoms with Gasteiger partial charge >= 0.3 is 0 Å². The van der Waals surface area contributed by atoms with Gasteiger partial charge in [-0.25, -0.2) is 0 Å². The molecule has 0 aromatic carbocycles. The summed E-state index contributed by atoms with van der Waals surface area (Å²) in [5.41, 5.74) is -0.0382. The van der Waals surface area contributed by atoms with E-state index in [4.69, 9.17) is 16.1 Å². The van der Waals surface area contributed by atoms with Crippen molar-refractivity contribution in [2.24, 2.45) is 5.41 Å². The first-order chi connectivity index (χ1) is 11.6. The van der Waals surface area contributed by atoms with Crippen molar-refractivity contribution in [2.75, 3.05) is 32.8 Å². The lowest BCUT2D eigenvalue weighted by Crippen LogP contribution is -2.63. The summed E-state index contributed by atoms with van der Waals surface area (Å²) in [5, 5.41) is 14.0. The van der Waals surface area contributed by atoms with Crippen molar-refractivity contribution < 1.29 is 14.4 Å². The van der Waals surface area contributed by atoms with E-state index in [9.17, 15) is 9.90 Å². The molecule has 3 heterocycles. The van der Waals surface area contributed by atoms with Gasteiger partial charge in [0.25, 0.3) is 0 Å². The summed E-state index contributed by atoms with van der Waals surface area (Å²) in [7, 11) is 0. The normalized spacial score (nSPS) is 28.0. The summed E-state index contributed by atoms with van der Waals surface area (Å²) in [6.07, 6.45) is 3.98. The van der Waals surface area contributed by atoms with Crippen LogP contribution in [-0.4, -0.2) is 64.8 Å². The van der Waals surface area contributed by atoms with Gasteiger partial charge in [0.05, 0.1) is 6.61 Å². The molecule has 0 spiro atoms. The first kappa shape index (κ1) is 17.7. The highest BCUT2D eigenvalue weighted by Crippen LogP contribution is 2.42. The first-order valence-electron chi connectivity index (χ1n) is 8.82. The zero-order valence-corrected chi connectivity index (χ0v) is 15.0. The predicted molar refractivity (Wildman–Crippen MR) is 90.8 cm³/mol. The Bertz CT molecular complexity index is 579. The van der Waals surface area contributed by atoms with Crippen LogP contribution in [0.3, 0.4) is 0 Å². The first-order valence-corrected chi connectivity index (χ1v) is 9.19. The number of aliphatic hydroxyl groups excluding tert-OH is 1. The highest BCUT2D eigenvalue weighted by atomic mass is 35.5. The lowest BCUT2D eigenvalue weighted by atomic mass is 9.69. The fraction of sp³-hybridized carbons (Fsp3) is 0.765. The van der Waals surface area contributed by atoms with Gasteiger partial charge in [-0.3, -0.25) is 9.69 Å². The van der Waals surface area contributed by atoms with Gasteiger partial charge in [-0.05, 0) is 32.4 Å². The maximum absolute atomic E-state index is 12.6. The summed E-state index contributed by atoms with van der Waals surface area (Å²) in [5.74, 6) is 0.776. The Morgan fingerprint density at radius 2 is 2.33 bits per heavy atom. The number of likely N-dealkylation sites (tertiary alicyclic amines) is 2. The van der Waals surface area contributed by atoms with E-state index in [2.05, 4.69) is 17.0 Å². The van der Waals surface area contributed by atoms with Gasteiger partial charge < -0.3 is 14.5 Å². The van der Waals surface area contributed by atoms with Crippen molar-refractivity contribution in [3.63, 3.8) is 0 Å². The number of piperidine rings is 2. The van der Waals surface area contributed by atoms with Gasteiger partial charge in [0, 0.05) is 43.5 Å². The number of carbonyl (C=O) groups excluding carboxylic acids is 1. The summed E-state index contributed by atoms with van der Waals surface area (Å²) < 4.78 is 5.06. The molecule has 7 heteroatoms. The molecule has 1 aromatic rings. The maximum Gasteiger partial charge on any atom is 0.223 e. The molecule has 3 rings (SSSR count). The zero-order valence-electron chi connectivity index (χ0n) is 14.2. The second-order valence-corrected chi connectivity index (χ2v) is 7.36. The Balaban J connectivity index is 1.62. The average molecular weight is 356 g/mol. The standard InChI is InChI=1S/C17H26ClN3O3/c1-2-20-8-3-6-17(12-22)7-9-21(11-14(17)20)16(23)5-4-13-10-15(18)19-24-13/h10,14,22H,2-9,11-12H2,1H3/t14-,17-/m1/s1. The second kappa shape index (κ2) is 7.42. The Hall–Kier alpha value is -1.11. The highest BCUT2D eigenvalue weighted by Gasteiger charge is 2.47. The third-order valence-electron chi connectivity index (χ3n) is 5.73. The lowest BCUT2D eigenvalue weighted by molar-refractivity contribution is -0.140. The molecule has 134 valence electrons. The minimum atomic E-state index is -0.0382. The highest BCUT2D eigenvalue weighted by molar-refractivity contribution is 6.29. The van der Waals surface area contributed by atoms with Crippen LogP contribution in [0.25, 0.3) is 0 Å². The molecule has 0 bridgehead atoms. The molecule has 24 heavy (non-hydrogen) atoms. The molecule has 1 N–H and O–H groups in total. The molecule has 2 fully saturated rings. The fourth-order valence-corrected chi connectivity index (χ4v) is 4.42. The number of hydrogen-bond acceptors (Lipinski definition) is 5. The Morgan fingerprint density at radius 1 is 1.50 bits per heavy atom.